The summed E-state index contributed by atoms with van der Waals surface area (Å²) in [4.78, 5) is 9.42. The Morgan fingerprint density at radius 3 is 2.33 bits per heavy atom. The first-order valence-electron chi connectivity index (χ1n) is 11.1. The predicted octanol–water partition coefficient (Wildman–Crippen LogP) is 1.87. The molecule has 0 saturated carbocycles. The molecule has 0 radical (unpaired) electrons. The molecule has 2 heterocycles. The van der Waals surface area contributed by atoms with E-state index in [4.69, 9.17) is 0 Å². The minimum Gasteiger partial charge on any atom is -0.356 e. The molecule has 1 aromatic carbocycles. The van der Waals surface area contributed by atoms with Gasteiger partial charge in [0.2, 0.25) is 0 Å². The van der Waals surface area contributed by atoms with Gasteiger partial charge in [-0.1, -0.05) is 30.3 Å². The molecule has 7 nitrogen and oxygen atoms in total. The fourth-order valence-electron chi connectivity index (χ4n) is 3.90. The van der Waals surface area contributed by atoms with Crippen LogP contribution in [0.3, 0.4) is 0 Å². The smallest absolute Gasteiger partial charge is 0.191 e. The van der Waals surface area contributed by atoms with Crippen LogP contribution in [0.15, 0.2) is 41.4 Å². The molecule has 2 N–H and O–H groups in total. The molecule has 0 aliphatic carbocycles. The van der Waals surface area contributed by atoms with Crippen LogP contribution in [-0.2, 0) is 13.1 Å². The molecule has 1 aromatic heterocycles. The molecule has 2 aromatic rings. The average Bonchev–Trinajstić information content (AvgIpc) is 3.08. The Labute approximate surface area is 181 Å². The van der Waals surface area contributed by atoms with Crippen LogP contribution in [0, 0.1) is 13.8 Å². The van der Waals surface area contributed by atoms with E-state index in [9.17, 15) is 0 Å². The van der Waals surface area contributed by atoms with E-state index >= 15 is 0 Å². The summed E-state index contributed by atoms with van der Waals surface area (Å²) in [6.45, 7) is 13.5. The maximum absolute atomic E-state index is 4.51. The highest BCUT2D eigenvalue weighted by Crippen LogP contribution is 2.08. The fraction of sp³-hybridized carbons (Fsp3) is 0.565. The lowest BCUT2D eigenvalue weighted by Crippen LogP contribution is -2.49. The molecule has 1 fully saturated rings. The normalized spacial score (nSPS) is 16.0. The zero-order chi connectivity index (χ0) is 21.2. The zero-order valence-electron chi connectivity index (χ0n) is 18.8. The quantitative estimate of drug-likeness (QED) is 0.375. The van der Waals surface area contributed by atoms with Crippen LogP contribution in [0.4, 0.5) is 0 Å². The molecule has 7 heteroatoms. The summed E-state index contributed by atoms with van der Waals surface area (Å²) in [6, 6.07) is 12.9. The molecular weight excluding hydrogens is 374 g/mol. The van der Waals surface area contributed by atoms with E-state index in [0.29, 0.717) is 0 Å². The van der Waals surface area contributed by atoms with Crippen LogP contribution in [-0.4, -0.2) is 78.4 Å². The van der Waals surface area contributed by atoms with Crippen molar-refractivity contribution in [1.82, 2.24) is 30.2 Å². The van der Waals surface area contributed by atoms with Gasteiger partial charge in [0.15, 0.2) is 5.96 Å². The van der Waals surface area contributed by atoms with Crippen LogP contribution >= 0.6 is 0 Å². The van der Waals surface area contributed by atoms with Crippen molar-refractivity contribution in [3.63, 3.8) is 0 Å². The van der Waals surface area contributed by atoms with Gasteiger partial charge >= 0.3 is 0 Å². The van der Waals surface area contributed by atoms with Gasteiger partial charge in [0.05, 0.1) is 5.69 Å². The van der Waals surface area contributed by atoms with Crippen molar-refractivity contribution in [2.45, 2.75) is 33.4 Å². The SMILES string of the molecule is CN=C(NCCCn1nc(C)cc1C)NCCN1CCN(Cc2ccccc2)CC1. The molecule has 0 amide bonds. The monoisotopic (exact) mass is 411 g/mol. The molecular formula is C23H37N7. The van der Waals surface area contributed by atoms with Crippen molar-refractivity contribution < 1.29 is 0 Å². The van der Waals surface area contributed by atoms with Gasteiger partial charge in [0, 0.05) is 71.6 Å². The van der Waals surface area contributed by atoms with E-state index < -0.39 is 0 Å². The Bertz CT molecular complexity index is 776. The molecule has 164 valence electrons. The first-order chi connectivity index (χ1) is 14.6. The molecule has 0 unspecified atom stereocenters. The molecule has 1 aliphatic heterocycles. The Morgan fingerprint density at radius 2 is 1.67 bits per heavy atom. The summed E-state index contributed by atoms with van der Waals surface area (Å²) < 4.78 is 2.07. The van der Waals surface area contributed by atoms with Gasteiger partial charge in [0.1, 0.15) is 0 Å². The minimum atomic E-state index is 0.881. The van der Waals surface area contributed by atoms with Gasteiger partial charge in [-0.3, -0.25) is 19.5 Å². The van der Waals surface area contributed by atoms with Crippen LogP contribution in [0.25, 0.3) is 0 Å². The first-order valence-corrected chi connectivity index (χ1v) is 11.1. The number of aromatic nitrogens is 2. The number of nitrogens with one attached hydrogen (secondary N) is 2. The summed E-state index contributed by atoms with van der Waals surface area (Å²) in [6.07, 6.45) is 1.02. The standard InChI is InChI=1S/C23H37N7/c1-20-18-21(2)30(27-20)12-7-10-25-23(24-3)26-11-13-28-14-16-29(17-15-28)19-22-8-5-4-6-9-22/h4-6,8-9,18H,7,10-17,19H2,1-3H3,(H2,24,25,26). The lowest BCUT2D eigenvalue weighted by molar-refractivity contribution is 0.129. The number of hydrogen-bond acceptors (Lipinski definition) is 4. The van der Waals surface area contributed by atoms with Crippen molar-refractivity contribution in [1.29, 1.82) is 0 Å². The van der Waals surface area contributed by atoms with E-state index in [1.165, 1.54) is 11.3 Å². The third-order valence-corrected chi connectivity index (χ3v) is 5.60. The third kappa shape index (κ3) is 7.15. The molecule has 0 bridgehead atoms. The van der Waals surface area contributed by atoms with Crippen molar-refractivity contribution in [3.05, 3.63) is 53.3 Å². The summed E-state index contributed by atoms with van der Waals surface area (Å²) in [5.41, 5.74) is 3.71. The number of aryl methyl sites for hydroxylation is 3. The lowest BCUT2D eigenvalue weighted by Gasteiger charge is -2.34. The summed E-state index contributed by atoms with van der Waals surface area (Å²) >= 11 is 0. The van der Waals surface area contributed by atoms with Gasteiger partial charge in [-0.25, -0.2) is 0 Å². The molecule has 3 rings (SSSR count). The van der Waals surface area contributed by atoms with Crippen LogP contribution in [0.5, 0.6) is 0 Å². The van der Waals surface area contributed by atoms with E-state index in [-0.39, 0.29) is 0 Å². The number of guanidine groups is 1. The Hall–Kier alpha value is -2.38. The van der Waals surface area contributed by atoms with E-state index in [1.807, 2.05) is 14.0 Å². The average molecular weight is 412 g/mol. The van der Waals surface area contributed by atoms with Crippen LogP contribution in [0.2, 0.25) is 0 Å². The second kappa shape index (κ2) is 11.7. The van der Waals surface area contributed by atoms with Gasteiger partial charge in [-0.15, -0.1) is 0 Å². The maximum atomic E-state index is 4.51. The largest absolute Gasteiger partial charge is 0.356 e. The summed E-state index contributed by atoms with van der Waals surface area (Å²) in [5, 5.41) is 11.4. The number of benzene rings is 1. The van der Waals surface area contributed by atoms with E-state index in [1.54, 1.807) is 0 Å². The van der Waals surface area contributed by atoms with Crippen LogP contribution in [0.1, 0.15) is 23.4 Å². The van der Waals surface area contributed by atoms with Crippen molar-refractivity contribution >= 4 is 5.96 Å². The van der Waals surface area contributed by atoms with Crippen LogP contribution < -0.4 is 10.6 Å². The predicted molar refractivity (Wildman–Crippen MR) is 124 cm³/mol. The maximum Gasteiger partial charge on any atom is 0.191 e. The topological polar surface area (TPSA) is 60.7 Å². The fourth-order valence-corrected chi connectivity index (χ4v) is 3.90. The summed E-state index contributed by atoms with van der Waals surface area (Å²) in [5.74, 6) is 0.881. The lowest BCUT2D eigenvalue weighted by atomic mass is 10.2. The zero-order valence-corrected chi connectivity index (χ0v) is 18.8. The van der Waals surface area contributed by atoms with Crippen molar-refractivity contribution in [2.75, 3.05) is 52.9 Å². The molecule has 30 heavy (non-hydrogen) atoms. The molecule has 0 spiro atoms. The highest BCUT2D eigenvalue weighted by Gasteiger charge is 2.16. The summed E-state index contributed by atoms with van der Waals surface area (Å²) in [7, 11) is 1.83. The second-order valence-electron chi connectivity index (χ2n) is 8.03. The molecule has 0 atom stereocenters. The Morgan fingerprint density at radius 1 is 0.967 bits per heavy atom. The van der Waals surface area contributed by atoms with Gasteiger partial charge in [-0.05, 0) is 31.9 Å². The van der Waals surface area contributed by atoms with Crippen molar-refractivity contribution in [2.24, 2.45) is 4.99 Å². The number of piperazine rings is 1. The van der Waals surface area contributed by atoms with Gasteiger partial charge in [-0.2, -0.15) is 5.10 Å². The van der Waals surface area contributed by atoms with Crippen molar-refractivity contribution in [3.8, 4) is 0 Å². The van der Waals surface area contributed by atoms with Gasteiger partial charge in [0.25, 0.3) is 0 Å². The molecule has 1 aliphatic rings. The van der Waals surface area contributed by atoms with Gasteiger partial charge < -0.3 is 10.6 Å². The first kappa shape index (κ1) is 22.3. The number of nitrogens with zero attached hydrogens (tertiary/aromatic N) is 5. The van der Waals surface area contributed by atoms with E-state index in [2.05, 4.69) is 78.5 Å². The van der Waals surface area contributed by atoms with E-state index in [0.717, 1.165) is 77.0 Å². The molecule has 1 saturated heterocycles. The Balaban J connectivity index is 1.26. The number of aliphatic imine (C=N–C) groups is 1. The minimum absolute atomic E-state index is 0.881. The third-order valence-electron chi connectivity index (χ3n) is 5.60. The Kier molecular flexibility index (Phi) is 8.71. The number of rotatable bonds is 9. The second-order valence-corrected chi connectivity index (χ2v) is 8.03. The number of hydrogen-bond donors (Lipinski definition) is 2. The highest BCUT2D eigenvalue weighted by molar-refractivity contribution is 5.79. The highest BCUT2D eigenvalue weighted by atomic mass is 15.3.